The molecule has 8 heteroatoms. The normalized spacial score (nSPS) is 20.2. The van der Waals surface area contributed by atoms with E-state index in [4.69, 9.17) is 0 Å². The number of rotatable bonds is 7. The van der Waals surface area contributed by atoms with Crippen molar-refractivity contribution in [3.8, 4) is 0 Å². The molecule has 0 bridgehead atoms. The summed E-state index contributed by atoms with van der Waals surface area (Å²) in [4.78, 5) is 17.2. The third-order valence-corrected chi connectivity index (χ3v) is 7.04. The molecule has 0 radical (unpaired) electrons. The number of sulfonamides is 1. The first kappa shape index (κ1) is 21.1. The molecule has 1 aromatic rings. The Morgan fingerprint density at radius 2 is 1.68 bits per heavy atom. The smallest absolute Gasteiger partial charge is 0.223 e. The van der Waals surface area contributed by atoms with Gasteiger partial charge in [0.15, 0.2) is 0 Å². The van der Waals surface area contributed by atoms with Gasteiger partial charge < -0.3 is 10.2 Å². The number of piperidine rings is 1. The van der Waals surface area contributed by atoms with Gasteiger partial charge in [-0.1, -0.05) is 18.2 Å². The SMILES string of the molecule is CS(=O)(=O)N1CCC(C(=O)NCCCN2CCN(c3ccccc3)CC2)CC1. The van der Waals surface area contributed by atoms with Crippen molar-refractivity contribution in [2.45, 2.75) is 19.3 Å². The van der Waals surface area contributed by atoms with Gasteiger partial charge in [0.05, 0.1) is 6.26 Å². The summed E-state index contributed by atoms with van der Waals surface area (Å²) in [5.74, 6) is 0.00876. The Hall–Kier alpha value is -1.64. The van der Waals surface area contributed by atoms with Crippen LogP contribution in [0.25, 0.3) is 0 Å². The van der Waals surface area contributed by atoms with Crippen molar-refractivity contribution < 1.29 is 13.2 Å². The molecule has 0 unspecified atom stereocenters. The summed E-state index contributed by atoms with van der Waals surface area (Å²) in [6.45, 7) is 6.74. The van der Waals surface area contributed by atoms with E-state index >= 15 is 0 Å². The van der Waals surface area contributed by atoms with E-state index in [-0.39, 0.29) is 11.8 Å². The first-order valence-corrected chi connectivity index (χ1v) is 12.0. The number of piperazine rings is 1. The predicted molar refractivity (Wildman–Crippen MR) is 112 cm³/mol. The number of benzene rings is 1. The molecule has 2 fully saturated rings. The third-order valence-electron chi connectivity index (χ3n) is 5.74. The Bertz CT molecular complexity index is 725. The van der Waals surface area contributed by atoms with Crippen molar-refractivity contribution in [1.29, 1.82) is 0 Å². The largest absolute Gasteiger partial charge is 0.369 e. The van der Waals surface area contributed by atoms with Crippen molar-refractivity contribution in [3.63, 3.8) is 0 Å². The minimum Gasteiger partial charge on any atom is -0.369 e. The van der Waals surface area contributed by atoms with Gasteiger partial charge in [0, 0.05) is 57.4 Å². The van der Waals surface area contributed by atoms with Gasteiger partial charge in [-0.15, -0.1) is 0 Å². The third kappa shape index (κ3) is 5.93. The summed E-state index contributed by atoms with van der Waals surface area (Å²) in [6.07, 6.45) is 3.40. The van der Waals surface area contributed by atoms with Crippen LogP contribution in [0.5, 0.6) is 0 Å². The fourth-order valence-corrected chi connectivity index (χ4v) is 4.85. The van der Waals surface area contributed by atoms with E-state index in [1.807, 2.05) is 6.07 Å². The van der Waals surface area contributed by atoms with Gasteiger partial charge in [-0.25, -0.2) is 12.7 Å². The van der Waals surface area contributed by atoms with Crippen LogP contribution in [0.2, 0.25) is 0 Å². The van der Waals surface area contributed by atoms with Crippen LogP contribution < -0.4 is 10.2 Å². The van der Waals surface area contributed by atoms with Crippen molar-refractivity contribution in [2.75, 3.05) is 63.5 Å². The molecule has 0 spiro atoms. The molecular weight excluding hydrogens is 376 g/mol. The van der Waals surface area contributed by atoms with E-state index in [9.17, 15) is 13.2 Å². The quantitative estimate of drug-likeness (QED) is 0.681. The van der Waals surface area contributed by atoms with Crippen LogP contribution in [-0.4, -0.2) is 82.1 Å². The zero-order valence-electron chi connectivity index (χ0n) is 16.7. The number of nitrogens with zero attached hydrogens (tertiary/aromatic N) is 3. The number of carbonyl (C=O) groups excluding carboxylic acids is 1. The molecule has 2 heterocycles. The Morgan fingerprint density at radius 1 is 1.04 bits per heavy atom. The zero-order chi connectivity index (χ0) is 20.0. The van der Waals surface area contributed by atoms with Crippen LogP contribution in [-0.2, 0) is 14.8 Å². The summed E-state index contributed by atoms with van der Waals surface area (Å²) in [5.41, 5.74) is 1.29. The number of hydrogen-bond donors (Lipinski definition) is 1. The van der Waals surface area contributed by atoms with Crippen LogP contribution in [0, 0.1) is 5.92 Å². The summed E-state index contributed by atoms with van der Waals surface area (Å²) < 4.78 is 24.5. The Labute approximate surface area is 168 Å². The predicted octanol–water partition coefficient (Wildman–Crippen LogP) is 0.987. The summed E-state index contributed by atoms with van der Waals surface area (Å²) in [7, 11) is -3.14. The minimum atomic E-state index is -3.14. The molecule has 3 rings (SSSR count). The second-order valence-corrected chi connectivity index (χ2v) is 9.73. The van der Waals surface area contributed by atoms with Crippen LogP contribution in [0.4, 0.5) is 5.69 Å². The number of para-hydroxylation sites is 1. The number of carbonyl (C=O) groups is 1. The van der Waals surface area contributed by atoms with E-state index in [0.29, 0.717) is 32.5 Å². The Balaban J connectivity index is 1.29. The molecule has 0 aliphatic carbocycles. The molecule has 2 saturated heterocycles. The van der Waals surface area contributed by atoms with Gasteiger partial charge in [0.1, 0.15) is 0 Å². The lowest BCUT2D eigenvalue weighted by Crippen LogP contribution is -2.47. The highest BCUT2D eigenvalue weighted by Gasteiger charge is 2.28. The number of nitrogens with one attached hydrogen (secondary N) is 1. The lowest BCUT2D eigenvalue weighted by Gasteiger charge is -2.36. The van der Waals surface area contributed by atoms with Crippen molar-refractivity contribution in [3.05, 3.63) is 30.3 Å². The van der Waals surface area contributed by atoms with Crippen molar-refractivity contribution in [2.24, 2.45) is 5.92 Å². The van der Waals surface area contributed by atoms with Gasteiger partial charge in [-0.2, -0.15) is 0 Å². The zero-order valence-corrected chi connectivity index (χ0v) is 17.5. The molecule has 0 saturated carbocycles. The fourth-order valence-electron chi connectivity index (χ4n) is 3.98. The molecule has 1 N–H and O–H groups in total. The maximum absolute atomic E-state index is 12.3. The Morgan fingerprint density at radius 3 is 2.29 bits per heavy atom. The van der Waals surface area contributed by atoms with Gasteiger partial charge in [-0.05, 0) is 37.9 Å². The molecule has 1 amide bonds. The lowest BCUT2D eigenvalue weighted by molar-refractivity contribution is -0.126. The number of anilines is 1. The highest BCUT2D eigenvalue weighted by Crippen LogP contribution is 2.19. The lowest BCUT2D eigenvalue weighted by atomic mass is 9.97. The molecule has 7 nitrogen and oxygen atoms in total. The van der Waals surface area contributed by atoms with Crippen LogP contribution >= 0.6 is 0 Å². The molecule has 0 atom stereocenters. The van der Waals surface area contributed by atoms with E-state index in [0.717, 1.165) is 39.1 Å². The van der Waals surface area contributed by atoms with Gasteiger partial charge >= 0.3 is 0 Å². The average Bonchev–Trinajstić information content (AvgIpc) is 2.71. The van der Waals surface area contributed by atoms with Crippen molar-refractivity contribution in [1.82, 2.24) is 14.5 Å². The molecule has 2 aliphatic heterocycles. The number of hydrogen-bond acceptors (Lipinski definition) is 5. The highest BCUT2D eigenvalue weighted by atomic mass is 32.2. The van der Waals surface area contributed by atoms with Crippen molar-refractivity contribution >= 4 is 21.6 Å². The summed E-state index contributed by atoms with van der Waals surface area (Å²) >= 11 is 0. The molecule has 0 aromatic heterocycles. The molecule has 156 valence electrons. The van der Waals surface area contributed by atoms with Crippen LogP contribution in [0.1, 0.15) is 19.3 Å². The van der Waals surface area contributed by atoms with Gasteiger partial charge in [-0.3, -0.25) is 9.69 Å². The summed E-state index contributed by atoms with van der Waals surface area (Å²) in [5, 5.41) is 3.04. The second kappa shape index (κ2) is 9.71. The van der Waals surface area contributed by atoms with E-state index in [1.165, 1.54) is 16.2 Å². The van der Waals surface area contributed by atoms with E-state index in [1.54, 1.807) is 0 Å². The highest BCUT2D eigenvalue weighted by molar-refractivity contribution is 7.88. The van der Waals surface area contributed by atoms with Crippen LogP contribution in [0.15, 0.2) is 30.3 Å². The van der Waals surface area contributed by atoms with Gasteiger partial charge in [0.2, 0.25) is 15.9 Å². The molecule has 28 heavy (non-hydrogen) atoms. The van der Waals surface area contributed by atoms with E-state index < -0.39 is 10.0 Å². The standard InChI is InChI=1S/C20H32N4O3S/c1-28(26,27)24-12-8-18(9-13-24)20(25)21-10-5-11-22-14-16-23(17-15-22)19-6-3-2-4-7-19/h2-4,6-7,18H,5,8-17H2,1H3,(H,21,25). The first-order chi connectivity index (χ1) is 13.4. The van der Waals surface area contributed by atoms with Gasteiger partial charge in [0.25, 0.3) is 0 Å². The molecule has 2 aliphatic rings. The first-order valence-electron chi connectivity index (χ1n) is 10.2. The maximum atomic E-state index is 12.3. The fraction of sp³-hybridized carbons (Fsp3) is 0.650. The maximum Gasteiger partial charge on any atom is 0.223 e. The van der Waals surface area contributed by atoms with Crippen LogP contribution in [0.3, 0.4) is 0 Å². The topological polar surface area (TPSA) is 73.0 Å². The molecular formula is C20H32N4O3S. The van der Waals surface area contributed by atoms with E-state index in [2.05, 4.69) is 39.4 Å². The second-order valence-electron chi connectivity index (χ2n) is 7.75. The summed E-state index contributed by atoms with van der Waals surface area (Å²) in [6, 6.07) is 10.5. The average molecular weight is 409 g/mol. The Kier molecular flexibility index (Phi) is 7.31. The number of amides is 1. The minimum absolute atomic E-state index is 0.0626. The molecule has 1 aromatic carbocycles. The monoisotopic (exact) mass is 408 g/mol.